The van der Waals surface area contributed by atoms with Crippen LogP contribution in [-0.2, 0) is 17.9 Å². The first-order valence-corrected chi connectivity index (χ1v) is 7.39. The molecule has 0 aliphatic rings. The summed E-state index contributed by atoms with van der Waals surface area (Å²) in [5.74, 6) is 0. The standard InChI is InChI=1S/C13H25N3OS/c1-6-16(7-2)13-15-11(9-17-5)12(18-13)8-14-10(3)4/h10,14H,6-9H2,1-5H3. The number of aromatic nitrogens is 1. The highest BCUT2D eigenvalue weighted by Crippen LogP contribution is 2.26. The molecular weight excluding hydrogens is 246 g/mol. The molecule has 0 aromatic carbocycles. The molecule has 0 saturated heterocycles. The van der Waals surface area contributed by atoms with Crippen molar-refractivity contribution in [1.82, 2.24) is 10.3 Å². The molecular formula is C13H25N3OS. The first kappa shape index (κ1) is 15.4. The van der Waals surface area contributed by atoms with Gasteiger partial charge in [-0.05, 0) is 13.8 Å². The molecule has 0 unspecified atom stereocenters. The number of ether oxygens (including phenoxy) is 1. The molecule has 0 aliphatic heterocycles. The molecule has 1 rings (SSSR count). The summed E-state index contributed by atoms with van der Waals surface area (Å²) in [4.78, 5) is 8.26. The molecule has 4 nitrogen and oxygen atoms in total. The molecule has 1 aromatic heterocycles. The van der Waals surface area contributed by atoms with Crippen LogP contribution in [0.1, 0.15) is 38.3 Å². The second kappa shape index (κ2) is 7.71. The zero-order valence-corrected chi connectivity index (χ0v) is 12.9. The van der Waals surface area contributed by atoms with Crippen LogP contribution in [0.2, 0.25) is 0 Å². The fourth-order valence-electron chi connectivity index (χ4n) is 1.68. The third-order valence-electron chi connectivity index (χ3n) is 2.75. The summed E-state index contributed by atoms with van der Waals surface area (Å²) in [5.41, 5.74) is 1.07. The summed E-state index contributed by atoms with van der Waals surface area (Å²) < 4.78 is 5.23. The van der Waals surface area contributed by atoms with Crippen LogP contribution in [0.25, 0.3) is 0 Å². The van der Waals surface area contributed by atoms with E-state index in [4.69, 9.17) is 9.72 Å². The van der Waals surface area contributed by atoms with Crippen molar-refractivity contribution >= 4 is 16.5 Å². The second-order valence-corrected chi connectivity index (χ2v) is 5.57. The molecule has 5 heteroatoms. The third kappa shape index (κ3) is 4.23. The highest BCUT2D eigenvalue weighted by Gasteiger charge is 2.14. The number of methoxy groups -OCH3 is 1. The summed E-state index contributed by atoms with van der Waals surface area (Å²) in [6.07, 6.45) is 0. The predicted octanol–water partition coefficient (Wildman–Crippen LogP) is 2.63. The van der Waals surface area contributed by atoms with Gasteiger partial charge in [-0.3, -0.25) is 0 Å². The minimum absolute atomic E-state index is 0.486. The molecule has 0 aliphatic carbocycles. The van der Waals surface area contributed by atoms with Crippen LogP contribution >= 0.6 is 11.3 Å². The molecule has 0 radical (unpaired) electrons. The molecule has 1 aromatic rings. The summed E-state index contributed by atoms with van der Waals surface area (Å²) in [6, 6.07) is 0.486. The Morgan fingerprint density at radius 1 is 1.33 bits per heavy atom. The van der Waals surface area contributed by atoms with Gasteiger partial charge in [0.1, 0.15) is 0 Å². The number of thiazole rings is 1. The van der Waals surface area contributed by atoms with Gasteiger partial charge in [-0.1, -0.05) is 13.8 Å². The van der Waals surface area contributed by atoms with Crippen molar-refractivity contribution < 1.29 is 4.74 Å². The van der Waals surface area contributed by atoms with Crippen LogP contribution in [0.4, 0.5) is 5.13 Å². The Morgan fingerprint density at radius 2 is 2.00 bits per heavy atom. The summed E-state index contributed by atoms with van der Waals surface area (Å²) in [5, 5.41) is 4.55. The normalized spacial score (nSPS) is 11.2. The quantitative estimate of drug-likeness (QED) is 0.789. The highest BCUT2D eigenvalue weighted by atomic mass is 32.1. The Balaban J connectivity index is 2.85. The molecule has 0 bridgehead atoms. The summed E-state index contributed by atoms with van der Waals surface area (Å²) in [7, 11) is 1.72. The average Bonchev–Trinajstić information content (AvgIpc) is 2.72. The van der Waals surface area contributed by atoms with E-state index in [2.05, 4.69) is 37.9 Å². The molecule has 18 heavy (non-hydrogen) atoms. The molecule has 0 atom stereocenters. The lowest BCUT2D eigenvalue weighted by atomic mass is 10.3. The van der Waals surface area contributed by atoms with Gasteiger partial charge in [0.05, 0.1) is 12.3 Å². The Labute approximate surface area is 114 Å². The minimum Gasteiger partial charge on any atom is -0.378 e. The zero-order chi connectivity index (χ0) is 13.5. The first-order valence-electron chi connectivity index (χ1n) is 6.58. The van der Waals surface area contributed by atoms with E-state index < -0.39 is 0 Å². The van der Waals surface area contributed by atoms with Gasteiger partial charge in [0, 0.05) is 37.7 Å². The smallest absolute Gasteiger partial charge is 0.185 e. The molecule has 0 amide bonds. The lowest BCUT2D eigenvalue weighted by molar-refractivity contribution is 0.181. The molecule has 1 heterocycles. The van der Waals surface area contributed by atoms with Crippen LogP contribution in [0.5, 0.6) is 0 Å². The third-order valence-corrected chi connectivity index (χ3v) is 3.91. The van der Waals surface area contributed by atoms with Crippen LogP contribution in [0.3, 0.4) is 0 Å². The van der Waals surface area contributed by atoms with Gasteiger partial charge in [0.15, 0.2) is 5.13 Å². The zero-order valence-electron chi connectivity index (χ0n) is 12.1. The molecule has 104 valence electrons. The average molecular weight is 271 g/mol. The number of anilines is 1. The largest absolute Gasteiger partial charge is 0.378 e. The minimum atomic E-state index is 0.486. The van der Waals surface area contributed by atoms with Crippen molar-refractivity contribution in [2.75, 3.05) is 25.1 Å². The summed E-state index contributed by atoms with van der Waals surface area (Å²) in [6.45, 7) is 12.1. The van der Waals surface area contributed by atoms with Crippen LogP contribution in [-0.4, -0.2) is 31.2 Å². The van der Waals surface area contributed by atoms with E-state index in [1.807, 2.05) is 0 Å². The Hall–Kier alpha value is -0.650. The molecule has 0 spiro atoms. The predicted molar refractivity (Wildman–Crippen MR) is 78.4 cm³/mol. The summed E-state index contributed by atoms with van der Waals surface area (Å²) >= 11 is 1.77. The molecule has 0 fully saturated rings. The SMILES string of the molecule is CCN(CC)c1nc(COC)c(CNC(C)C)s1. The lowest BCUT2D eigenvalue weighted by Gasteiger charge is -2.16. The van der Waals surface area contributed by atoms with Crippen LogP contribution < -0.4 is 10.2 Å². The van der Waals surface area contributed by atoms with Crippen molar-refractivity contribution in [2.24, 2.45) is 0 Å². The fourth-order valence-corrected chi connectivity index (χ4v) is 2.82. The van der Waals surface area contributed by atoms with Crippen molar-refractivity contribution in [3.8, 4) is 0 Å². The maximum Gasteiger partial charge on any atom is 0.185 e. The van der Waals surface area contributed by atoms with E-state index in [-0.39, 0.29) is 0 Å². The van der Waals surface area contributed by atoms with E-state index in [0.717, 1.165) is 30.5 Å². The van der Waals surface area contributed by atoms with Crippen molar-refractivity contribution in [2.45, 2.75) is 46.9 Å². The van der Waals surface area contributed by atoms with Crippen LogP contribution in [0, 0.1) is 0 Å². The van der Waals surface area contributed by atoms with Gasteiger partial charge < -0.3 is 15.0 Å². The Kier molecular flexibility index (Phi) is 6.60. The second-order valence-electron chi connectivity index (χ2n) is 4.51. The topological polar surface area (TPSA) is 37.4 Å². The van der Waals surface area contributed by atoms with Gasteiger partial charge >= 0.3 is 0 Å². The number of rotatable bonds is 8. The lowest BCUT2D eigenvalue weighted by Crippen LogP contribution is -2.22. The Morgan fingerprint density at radius 3 is 2.50 bits per heavy atom. The van der Waals surface area contributed by atoms with Gasteiger partial charge in [-0.15, -0.1) is 11.3 Å². The molecule has 1 N–H and O–H groups in total. The maximum atomic E-state index is 5.23. The van der Waals surface area contributed by atoms with Crippen molar-refractivity contribution in [3.63, 3.8) is 0 Å². The van der Waals surface area contributed by atoms with Gasteiger partial charge in [0.2, 0.25) is 0 Å². The van der Waals surface area contributed by atoms with Gasteiger partial charge in [-0.25, -0.2) is 4.98 Å². The van der Waals surface area contributed by atoms with Crippen molar-refractivity contribution in [1.29, 1.82) is 0 Å². The van der Waals surface area contributed by atoms with Gasteiger partial charge in [0.25, 0.3) is 0 Å². The fraction of sp³-hybridized carbons (Fsp3) is 0.769. The molecule has 0 saturated carbocycles. The maximum absolute atomic E-state index is 5.23. The first-order chi connectivity index (χ1) is 8.62. The number of nitrogens with zero attached hydrogens (tertiary/aromatic N) is 2. The number of hydrogen-bond acceptors (Lipinski definition) is 5. The monoisotopic (exact) mass is 271 g/mol. The van der Waals surface area contributed by atoms with Crippen LogP contribution in [0.15, 0.2) is 0 Å². The van der Waals surface area contributed by atoms with E-state index in [1.54, 1.807) is 18.4 Å². The highest BCUT2D eigenvalue weighted by molar-refractivity contribution is 7.15. The number of hydrogen-bond donors (Lipinski definition) is 1. The van der Waals surface area contributed by atoms with E-state index >= 15 is 0 Å². The van der Waals surface area contributed by atoms with Gasteiger partial charge in [-0.2, -0.15) is 0 Å². The number of nitrogens with one attached hydrogen (secondary N) is 1. The Bertz CT molecular complexity index is 348. The van der Waals surface area contributed by atoms with Crippen molar-refractivity contribution in [3.05, 3.63) is 10.6 Å². The van der Waals surface area contributed by atoms with E-state index in [0.29, 0.717) is 12.6 Å². The van der Waals surface area contributed by atoms with E-state index in [1.165, 1.54) is 4.88 Å². The van der Waals surface area contributed by atoms with E-state index in [9.17, 15) is 0 Å².